The van der Waals surface area contributed by atoms with Gasteiger partial charge in [0.1, 0.15) is 11.6 Å². The first kappa shape index (κ1) is 10.5. The highest BCUT2D eigenvalue weighted by Crippen LogP contribution is 2.23. The molecule has 0 radical (unpaired) electrons. The summed E-state index contributed by atoms with van der Waals surface area (Å²) in [5, 5.41) is 6.44. The summed E-state index contributed by atoms with van der Waals surface area (Å²) in [7, 11) is 1.87. The van der Waals surface area contributed by atoms with Crippen molar-refractivity contribution in [3.8, 4) is 0 Å². The van der Waals surface area contributed by atoms with Gasteiger partial charge in [-0.1, -0.05) is 0 Å². The molecule has 2 aromatic rings. The van der Waals surface area contributed by atoms with E-state index in [2.05, 4.69) is 25.6 Å². The van der Waals surface area contributed by atoms with Crippen LogP contribution in [0.4, 0.5) is 5.82 Å². The minimum atomic E-state index is 0.496. The van der Waals surface area contributed by atoms with Crippen molar-refractivity contribution in [3.05, 3.63) is 18.0 Å². The number of piperidine rings is 1. The van der Waals surface area contributed by atoms with Crippen LogP contribution in [0.3, 0.4) is 0 Å². The Morgan fingerprint density at radius 1 is 1.35 bits per heavy atom. The molecule has 1 unspecified atom stereocenters. The van der Waals surface area contributed by atoms with Crippen LogP contribution in [0.5, 0.6) is 0 Å². The highest BCUT2D eigenvalue weighted by Gasteiger charge is 2.18. The molecule has 1 fully saturated rings. The average molecular weight is 231 g/mol. The third-order valence-corrected chi connectivity index (χ3v) is 3.30. The van der Waals surface area contributed by atoms with Gasteiger partial charge < -0.3 is 15.6 Å². The molecule has 0 saturated carbocycles. The Balaban J connectivity index is 1.95. The van der Waals surface area contributed by atoms with Crippen LogP contribution in [0.2, 0.25) is 0 Å². The third-order valence-electron chi connectivity index (χ3n) is 3.30. The zero-order valence-electron chi connectivity index (χ0n) is 9.95. The average Bonchev–Trinajstić information content (AvgIpc) is 2.82. The molecule has 5 nitrogen and oxygen atoms in total. The molecule has 3 rings (SSSR count). The maximum Gasteiger partial charge on any atom is 0.179 e. The maximum absolute atomic E-state index is 4.60. The van der Waals surface area contributed by atoms with Gasteiger partial charge in [-0.05, 0) is 31.5 Å². The van der Waals surface area contributed by atoms with Crippen LogP contribution in [0, 0.1) is 0 Å². The van der Waals surface area contributed by atoms with Crippen molar-refractivity contribution >= 4 is 17.0 Å². The molecule has 0 aromatic carbocycles. The molecule has 0 aliphatic carbocycles. The second-order valence-electron chi connectivity index (χ2n) is 4.48. The summed E-state index contributed by atoms with van der Waals surface area (Å²) in [6.07, 6.45) is 2.42. The molecular formula is C12H17N5. The van der Waals surface area contributed by atoms with E-state index in [0.717, 1.165) is 35.9 Å². The molecule has 0 amide bonds. The first-order chi connectivity index (χ1) is 8.36. The smallest absolute Gasteiger partial charge is 0.179 e. The second kappa shape index (κ2) is 4.33. The molecular weight excluding hydrogens is 214 g/mol. The first-order valence-electron chi connectivity index (χ1n) is 6.12. The number of imidazole rings is 1. The lowest BCUT2D eigenvalue weighted by Gasteiger charge is -2.20. The molecule has 3 heterocycles. The van der Waals surface area contributed by atoms with E-state index in [9.17, 15) is 0 Å². The Morgan fingerprint density at radius 2 is 2.29 bits per heavy atom. The van der Waals surface area contributed by atoms with Crippen molar-refractivity contribution in [2.45, 2.75) is 18.8 Å². The number of pyridine rings is 1. The van der Waals surface area contributed by atoms with Gasteiger partial charge >= 0.3 is 0 Å². The summed E-state index contributed by atoms with van der Waals surface area (Å²) in [6.45, 7) is 2.14. The van der Waals surface area contributed by atoms with Crippen LogP contribution in [-0.4, -0.2) is 35.1 Å². The number of fused-ring (bicyclic) bond motifs is 1. The number of hydrogen-bond acceptors (Lipinski definition) is 4. The third kappa shape index (κ3) is 1.98. The van der Waals surface area contributed by atoms with E-state index in [-0.39, 0.29) is 0 Å². The van der Waals surface area contributed by atoms with Gasteiger partial charge in [0.25, 0.3) is 0 Å². The SMILES string of the molecule is CNc1ccc2[nH]c(C3CCCNC3)nc2n1. The fourth-order valence-electron chi connectivity index (χ4n) is 2.33. The fourth-order valence-corrected chi connectivity index (χ4v) is 2.33. The predicted molar refractivity (Wildman–Crippen MR) is 68.3 cm³/mol. The lowest BCUT2D eigenvalue weighted by atomic mass is 9.99. The van der Waals surface area contributed by atoms with E-state index in [4.69, 9.17) is 0 Å². The minimum Gasteiger partial charge on any atom is -0.373 e. The van der Waals surface area contributed by atoms with Crippen molar-refractivity contribution < 1.29 is 0 Å². The number of aromatic nitrogens is 3. The number of rotatable bonds is 2. The largest absolute Gasteiger partial charge is 0.373 e. The van der Waals surface area contributed by atoms with Crippen molar-refractivity contribution in [1.82, 2.24) is 20.3 Å². The lowest BCUT2D eigenvalue weighted by Crippen LogP contribution is -2.28. The molecule has 0 spiro atoms. The van der Waals surface area contributed by atoms with Gasteiger partial charge in [0.15, 0.2) is 5.65 Å². The molecule has 1 saturated heterocycles. The van der Waals surface area contributed by atoms with Crippen molar-refractivity contribution in [2.24, 2.45) is 0 Å². The first-order valence-corrected chi connectivity index (χ1v) is 6.12. The molecule has 17 heavy (non-hydrogen) atoms. The summed E-state index contributed by atoms with van der Waals surface area (Å²) in [5.41, 5.74) is 1.82. The van der Waals surface area contributed by atoms with E-state index >= 15 is 0 Å². The number of nitrogens with one attached hydrogen (secondary N) is 3. The highest BCUT2D eigenvalue weighted by molar-refractivity contribution is 5.73. The van der Waals surface area contributed by atoms with Gasteiger partial charge in [0.05, 0.1) is 5.52 Å². The van der Waals surface area contributed by atoms with Gasteiger partial charge in [-0.2, -0.15) is 0 Å². The molecule has 1 aliphatic heterocycles. The zero-order valence-corrected chi connectivity index (χ0v) is 9.95. The summed E-state index contributed by atoms with van der Waals surface area (Å²) >= 11 is 0. The Labute approximate surface area is 100 Å². The lowest BCUT2D eigenvalue weighted by molar-refractivity contribution is 0.449. The number of anilines is 1. The topological polar surface area (TPSA) is 65.6 Å². The Morgan fingerprint density at radius 3 is 3.06 bits per heavy atom. The number of H-pyrrole nitrogens is 1. The molecule has 0 bridgehead atoms. The van der Waals surface area contributed by atoms with Crippen molar-refractivity contribution in [2.75, 3.05) is 25.5 Å². The zero-order chi connectivity index (χ0) is 11.7. The van der Waals surface area contributed by atoms with E-state index in [0.29, 0.717) is 5.92 Å². The number of hydrogen-bond donors (Lipinski definition) is 3. The Kier molecular flexibility index (Phi) is 2.68. The molecule has 3 N–H and O–H groups in total. The van der Waals surface area contributed by atoms with Crippen molar-refractivity contribution in [3.63, 3.8) is 0 Å². The Bertz CT molecular complexity index is 513. The molecule has 1 aliphatic rings. The quantitative estimate of drug-likeness (QED) is 0.732. The Hall–Kier alpha value is -1.62. The van der Waals surface area contributed by atoms with Gasteiger partial charge in [-0.25, -0.2) is 9.97 Å². The number of aromatic amines is 1. The summed E-state index contributed by atoms with van der Waals surface area (Å²) in [4.78, 5) is 12.4. The van der Waals surface area contributed by atoms with Gasteiger partial charge in [-0.3, -0.25) is 0 Å². The van der Waals surface area contributed by atoms with Crippen LogP contribution < -0.4 is 10.6 Å². The summed E-state index contributed by atoms with van der Waals surface area (Å²) < 4.78 is 0. The fraction of sp³-hybridized carbons (Fsp3) is 0.500. The van der Waals surface area contributed by atoms with Crippen molar-refractivity contribution in [1.29, 1.82) is 0 Å². The van der Waals surface area contributed by atoms with Gasteiger partial charge in [0.2, 0.25) is 0 Å². The van der Waals surface area contributed by atoms with E-state index in [1.165, 1.54) is 12.8 Å². The predicted octanol–water partition coefficient (Wildman–Crippen LogP) is 1.47. The van der Waals surface area contributed by atoms with Crippen LogP contribution in [0.1, 0.15) is 24.6 Å². The van der Waals surface area contributed by atoms with Crippen LogP contribution in [-0.2, 0) is 0 Å². The summed E-state index contributed by atoms with van der Waals surface area (Å²) in [6, 6.07) is 3.99. The van der Waals surface area contributed by atoms with Gasteiger partial charge in [-0.15, -0.1) is 0 Å². The molecule has 1 atom stereocenters. The normalized spacial score (nSPS) is 20.6. The standard InChI is InChI=1S/C12H17N5/c1-13-10-5-4-9-12(16-10)17-11(15-9)8-3-2-6-14-7-8/h4-5,8,14H,2-3,6-7H2,1H3,(H2,13,15,16,17). The summed E-state index contributed by atoms with van der Waals surface area (Å²) in [5.74, 6) is 2.42. The minimum absolute atomic E-state index is 0.496. The van der Waals surface area contributed by atoms with E-state index in [1.54, 1.807) is 0 Å². The molecule has 90 valence electrons. The monoisotopic (exact) mass is 231 g/mol. The van der Waals surface area contributed by atoms with Crippen LogP contribution in [0.25, 0.3) is 11.2 Å². The molecule has 5 heteroatoms. The van der Waals surface area contributed by atoms with Crippen LogP contribution >= 0.6 is 0 Å². The molecule has 2 aromatic heterocycles. The van der Waals surface area contributed by atoms with Crippen LogP contribution in [0.15, 0.2) is 12.1 Å². The number of nitrogens with zero attached hydrogens (tertiary/aromatic N) is 2. The van der Waals surface area contributed by atoms with E-state index in [1.807, 2.05) is 19.2 Å². The van der Waals surface area contributed by atoms with Gasteiger partial charge in [0, 0.05) is 19.5 Å². The highest BCUT2D eigenvalue weighted by atomic mass is 15.0. The van der Waals surface area contributed by atoms with E-state index < -0.39 is 0 Å². The maximum atomic E-state index is 4.60. The second-order valence-corrected chi connectivity index (χ2v) is 4.48.